The van der Waals surface area contributed by atoms with E-state index >= 15 is 0 Å². The highest BCUT2D eigenvalue weighted by Crippen LogP contribution is 2.24. The van der Waals surface area contributed by atoms with Crippen LogP contribution in [0, 0.1) is 17.2 Å². The predicted molar refractivity (Wildman–Crippen MR) is 54.2 cm³/mol. The Morgan fingerprint density at radius 3 is 2.77 bits per heavy atom. The molecular weight excluding hydrogens is 160 g/mol. The van der Waals surface area contributed by atoms with Gasteiger partial charge in [0, 0.05) is 12.1 Å². The Hall–Kier alpha value is -0.550. The molecule has 1 fully saturated rings. The van der Waals surface area contributed by atoms with E-state index in [0.29, 0.717) is 12.1 Å². The van der Waals surface area contributed by atoms with Gasteiger partial charge in [-0.2, -0.15) is 5.26 Å². The normalized spacial score (nSPS) is 30.8. The lowest BCUT2D eigenvalue weighted by Crippen LogP contribution is -2.42. The molecule has 0 heterocycles. The average Bonchev–Trinajstić information content (AvgIpc) is 2.18. The van der Waals surface area contributed by atoms with E-state index in [0.717, 1.165) is 12.8 Å². The molecule has 0 aromatic rings. The van der Waals surface area contributed by atoms with E-state index in [1.54, 1.807) is 0 Å². The lowest BCUT2D eigenvalue weighted by atomic mass is 9.85. The van der Waals surface area contributed by atoms with Gasteiger partial charge in [-0.05, 0) is 26.2 Å². The minimum absolute atomic E-state index is 0.253. The molecule has 0 spiro atoms. The van der Waals surface area contributed by atoms with Crippen molar-refractivity contribution in [1.82, 2.24) is 5.32 Å². The highest BCUT2D eigenvalue weighted by Gasteiger charge is 2.25. The Labute approximate surface area is 81.3 Å². The van der Waals surface area contributed by atoms with Crippen molar-refractivity contribution < 1.29 is 0 Å². The van der Waals surface area contributed by atoms with Gasteiger partial charge in [0.2, 0.25) is 0 Å². The summed E-state index contributed by atoms with van der Waals surface area (Å²) in [5, 5.41) is 12.5. The van der Waals surface area contributed by atoms with Crippen LogP contribution in [-0.2, 0) is 0 Å². The number of hydrogen-bond acceptors (Lipinski definition) is 2. The zero-order valence-corrected chi connectivity index (χ0v) is 8.71. The molecule has 0 aromatic heterocycles. The molecule has 2 heteroatoms. The van der Waals surface area contributed by atoms with Crippen molar-refractivity contribution in [2.45, 2.75) is 58.0 Å². The number of nitrogens with zero attached hydrogens (tertiary/aromatic N) is 1. The van der Waals surface area contributed by atoms with E-state index in [2.05, 4.69) is 25.2 Å². The van der Waals surface area contributed by atoms with Crippen molar-refractivity contribution in [1.29, 1.82) is 5.26 Å². The van der Waals surface area contributed by atoms with Crippen molar-refractivity contribution in [2.24, 2.45) is 5.92 Å². The van der Waals surface area contributed by atoms with Gasteiger partial charge < -0.3 is 5.32 Å². The van der Waals surface area contributed by atoms with E-state index in [1.807, 2.05) is 0 Å². The highest BCUT2D eigenvalue weighted by atomic mass is 14.9. The number of nitriles is 1. The van der Waals surface area contributed by atoms with Crippen molar-refractivity contribution in [3.8, 4) is 6.07 Å². The van der Waals surface area contributed by atoms with Gasteiger partial charge in [-0.25, -0.2) is 0 Å². The fourth-order valence-electron chi connectivity index (χ4n) is 1.97. The largest absolute Gasteiger partial charge is 0.310 e. The maximum absolute atomic E-state index is 8.96. The molecule has 3 atom stereocenters. The standard InChI is InChI=1S/C11H20N2/c1-3-9(2)13-11-7-5-4-6-10(11)8-12/h9-11,13H,3-7H2,1-2H3. The Morgan fingerprint density at radius 2 is 2.15 bits per heavy atom. The summed E-state index contributed by atoms with van der Waals surface area (Å²) >= 11 is 0. The second-order valence-electron chi connectivity index (χ2n) is 4.10. The monoisotopic (exact) mass is 180 g/mol. The molecule has 1 aliphatic carbocycles. The molecule has 74 valence electrons. The number of rotatable bonds is 3. The maximum atomic E-state index is 8.96. The van der Waals surface area contributed by atoms with Crippen LogP contribution in [0.25, 0.3) is 0 Å². The van der Waals surface area contributed by atoms with E-state index in [9.17, 15) is 0 Å². The lowest BCUT2D eigenvalue weighted by Gasteiger charge is -2.30. The fraction of sp³-hybridized carbons (Fsp3) is 0.909. The van der Waals surface area contributed by atoms with Gasteiger partial charge >= 0.3 is 0 Å². The average molecular weight is 180 g/mol. The number of hydrogen-bond donors (Lipinski definition) is 1. The predicted octanol–water partition coefficient (Wildman–Crippen LogP) is 2.46. The van der Waals surface area contributed by atoms with Crippen molar-refractivity contribution >= 4 is 0 Å². The van der Waals surface area contributed by atoms with Gasteiger partial charge in [0.05, 0.1) is 12.0 Å². The molecule has 2 nitrogen and oxygen atoms in total. The summed E-state index contributed by atoms with van der Waals surface area (Å²) in [4.78, 5) is 0. The summed E-state index contributed by atoms with van der Waals surface area (Å²) in [5.41, 5.74) is 0. The van der Waals surface area contributed by atoms with Gasteiger partial charge in [-0.15, -0.1) is 0 Å². The van der Waals surface area contributed by atoms with Crippen molar-refractivity contribution in [3.05, 3.63) is 0 Å². The van der Waals surface area contributed by atoms with Crippen LogP contribution in [0.5, 0.6) is 0 Å². The first kappa shape index (κ1) is 10.5. The maximum Gasteiger partial charge on any atom is 0.0672 e. The molecule has 0 bridgehead atoms. The molecule has 1 N–H and O–H groups in total. The van der Waals surface area contributed by atoms with Gasteiger partial charge in [0.25, 0.3) is 0 Å². The van der Waals surface area contributed by atoms with Crippen LogP contribution in [0.2, 0.25) is 0 Å². The molecule has 0 aromatic carbocycles. The SMILES string of the molecule is CCC(C)NC1CCCCC1C#N. The van der Waals surface area contributed by atoms with Crippen LogP contribution >= 0.6 is 0 Å². The highest BCUT2D eigenvalue weighted by molar-refractivity contribution is 4.95. The first-order valence-corrected chi connectivity index (χ1v) is 5.43. The van der Waals surface area contributed by atoms with Gasteiger partial charge in [-0.1, -0.05) is 19.8 Å². The first-order valence-electron chi connectivity index (χ1n) is 5.43. The second kappa shape index (κ2) is 5.24. The molecule has 0 saturated heterocycles. The van der Waals surface area contributed by atoms with E-state index in [1.165, 1.54) is 19.3 Å². The summed E-state index contributed by atoms with van der Waals surface area (Å²) in [7, 11) is 0. The van der Waals surface area contributed by atoms with E-state index in [4.69, 9.17) is 5.26 Å². The van der Waals surface area contributed by atoms with Crippen LogP contribution in [0.15, 0.2) is 0 Å². The van der Waals surface area contributed by atoms with Crippen LogP contribution in [0.1, 0.15) is 46.0 Å². The van der Waals surface area contributed by atoms with Crippen LogP contribution in [-0.4, -0.2) is 12.1 Å². The molecular formula is C11H20N2. The van der Waals surface area contributed by atoms with E-state index in [-0.39, 0.29) is 5.92 Å². The van der Waals surface area contributed by atoms with Gasteiger partial charge in [-0.3, -0.25) is 0 Å². The third-order valence-electron chi connectivity index (χ3n) is 3.04. The van der Waals surface area contributed by atoms with Crippen LogP contribution < -0.4 is 5.32 Å². The van der Waals surface area contributed by atoms with Crippen LogP contribution in [0.4, 0.5) is 0 Å². The minimum atomic E-state index is 0.253. The van der Waals surface area contributed by atoms with Crippen molar-refractivity contribution in [2.75, 3.05) is 0 Å². The van der Waals surface area contributed by atoms with Gasteiger partial charge in [0.1, 0.15) is 0 Å². The summed E-state index contributed by atoms with van der Waals surface area (Å²) in [6.07, 6.45) is 5.94. The summed E-state index contributed by atoms with van der Waals surface area (Å²) < 4.78 is 0. The Balaban J connectivity index is 2.41. The zero-order chi connectivity index (χ0) is 9.68. The first-order chi connectivity index (χ1) is 6.27. The third kappa shape index (κ3) is 3.00. The quantitative estimate of drug-likeness (QED) is 0.724. The van der Waals surface area contributed by atoms with Gasteiger partial charge in [0.15, 0.2) is 0 Å². The third-order valence-corrected chi connectivity index (χ3v) is 3.04. The Bertz CT molecular complexity index is 183. The number of nitrogens with one attached hydrogen (secondary N) is 1. The van der Waals surface area contributed by atoms with E-state index < -0.39 is 0 Å². The zero-order valence-electron chi connectivity index (χ0n) is 8.71. The summed E-state index contributed by atoms with van der Waals surface area (Å²) in [6, 6.07) is 3.43. The summed E-state index contributed by atoms with van der Waals surface area (Å²) in [6.45, 7) is 4.38. The Morgan fingerprint density at radius 1 is 1.46 bits per heavy atom. The minimum Gasteiger partial charge on any atom is -0.310 e. The van der Waals surface area contributed by atoms with Crippen molar-refractivity contribution in [3.63, 3.8) is 0 Å². The lowest BCUT2D eigenvalue weighted by molar-refractivity contribution is 0.288. The molecule has 1 saturated carbocycles. The smallest absolute Gasteiger partial charge is 0.0672 e. The molecule has 3 unspecified atom stereocenters. The second-order valence-corrected chi connectivity index (χ2v) is 4.10. The van der Waals surface area contributed by atoms with Crippen LogP contribution in [0.3, 0.4) is 0 Å². The Kier molecular flexibility index (Phi) is 4.24. The molecule has 13 heavy (non-hydrogen) atoms. The summed E-state index contributed by atoms with van der Waals surface area (Å²) in [5.74, 6) is 0.253. The molecule has 1 aliphatic rings. The molecule has 0 aliphatic heterocycles. The fourth-order valence-corrected chi connectivity index (χ4v) is 1.97. The molecule has 0 radical (unpaired) electrons. The molecule has 1 rings (SSSR count). The topological polar surface area (TPSA) is 35.8 Å². The molecule has 0 amide bonds.